The van der Waals surface area contributed by atoms with Crippen LogP contribution in [-0.4, -0.2) is 36.1 Å². The summed E-state index contributed by atoms with van der Waals surface area (Å²) in [5.41, 5.74) is 0. The van der Waals surface area contributed by atoms with Crippen LogP contribution in [0.3, 0.4) is 0 Å². The van der Waals surface area contributed by atoms with Crippen molar-refractivity contribution in [3.8, 4) is 0 Å². The molecule has 1 saturated carbocycles. The first-order valence-corrected chi connectivity index (χ1v) is 7.35. The lowest BCUT2D eigenvalue weighted by molar-refractivity contribution is -0.146. The van der Waals surface area contributed by atoms with E-state index in [2.05, 4.69) is 32.6 Å². The molecule has 3 nitrogen and oxygen atoms in total. The molecule has 1 fully saturated rings. The Morgan fingerprint density at radius 1 is 1.22 bits per heavy atom. The minimum Gasteiger partial charge on any atom is -0.465 e. The van der Waals surface area contributed by atoms with Gasteiger partial charge < -0.3 is 4.74 Å². The van der Waals surface area contributed by atoms with Crippen molar-refractivity contribution < 1.29 is 9.53 Å². The standard InChI is InChI=1S/C15H29NO2/c1-6-18-15(17)10-16(11(2)3)14-8-12(4)7-13(5)9-14/h11-14H,6-10H2,1-5H3. The molecule has 106 valence electrons. The molecule has 0 saturated heterocycles. The van der Waals surface area contributed by atoms with E-state index in [9.17, 15) is 4.79 Å². The van der Waals surface area contributed by atoms with Gasteiger partial charge in [0.1, 0.15) is 0 Å². The predicted octanol–water partition coefficient (Wildman–Crippen LogP) is 3.08. The number of ether oxygens (including phenoxy) is 1. The van der Waals surface area contributed by atoms with Crippen molar-refractivity contribution in [1.82, 2.24) is 4.90 Å². The van der Waals surface area contributed by atoms with Gasteiger partial charge in [0.05, 0.1) is 13.2 Å². The third-order valence-electron chi connectivity index (χ3n) is 3.90. The zero-order valence-corrected chi connectivity index (χ0v) is 12.6. The second-order valence-corrected chi connectivity index (χ2v) is 6.14. The molecular weight excluding hydrogens is 226 g/mol. The van der Waals surface area contributed by atoms with Crippen molar-refractivity contribution in [2.75, 3.05) is 13.2 Å². The first-order valence-electron chi connectivity index (χ1n) is 7.35. The molecule has 3 heteroatoms. The van der Waals surface area contributed by atoms with Crippen LogP contribution in [0, 0.1) is 11.8 Å². The van der Waals surface area contributed by atoms with Gasteiger partial charge in [-0.05, 0) is 51.9 Å². The Morgan fingerprint density at radius 3 is 2.22 bits per heavy atom. The zero-order chi connectivity index (χ0) is 13.7. The van der Waals surface area contributed by atoms with E-state index in [1.54, 1.807) is 0 Å². The average molecular weight is 255 g/mol. The SMILES string of the molecule is CCOC(=O)CN(C(C)C)C1CC(C)CC(C)C1. The molecule has 1 aliphatic rings. The highest BCUT2D eigenvalue weighted by Crippen LogP contribution is 2.32. The Morgan fingerprint density at radius 2 is 1.78 bits per heavy atom. The topological polar surface area (TPSA) is 29.5 Å². The summed E-state index contributed by atoms with van der Waals surface area (Å²) in [4.78, 5) is 14.0. The van der Waals surface area contributed by atoms with Crippen molar-refractivity contribution in [2.45, 2.75) is 66.0 Å². The van der Waals surface area contributed by atoms with Crippen molar-refractivity contribution in [3.63, 3.8) is 0 Å². The van der Waals surface area contributed by atoms with Crippen LogP contribution in [0.2, 0.25) is 0 Å². The number of nitrogens with zero attached hydrogens (tertiary/aromatic N) is 1. The van der Waals surface area contributed by atoms with Gasteiger partial charge in [0, 0.05) is 12.1 Å². The van der Waals surface area contributed by atoms with Gasteiger partial charge >= 0.3 is 5.97 Å². The predicted molar refractivity (Wildman–Crippen MR) is 74.4 cm³/mol. The first-order chi connectivity index (χ1) is 8.43. The molecule has 1 aliphatic carbocycles. The lowest BCUT2D eigenvalue weighted by atomic mass is 9.79. The molecule has 0 N–H and O–H groups in total. The normalized spacial score (nSPS) is 28.7. The van der Waals surface area contributed by atoms with Crippen LogP contribution in [0.5, 0.6) is 0 Å². The van der Waals surface area contributed by atoms with E-state index in [-0.39, 0.29) is 5.97 Å². The Balaban J connectivity index is 2.63. The molecule has 0 radical (unpaired) electrons. The number of esters is 1. The molecule has 0 aromatic rings. The zero-order valence-electron chi connectivity index (χ0n) is 12.6. The summed E-state index contributed by atoms with van der Waals surface area (Å²) in [6.07, 6.45) is 3.74. The van der Waals surface area contributed by atoms with E-state index in [1.807, 2.05) is 6.92 Å². The molecule has 0 aromatic heterocycles. The summed E-state index contributed by atoms with van der Waals surface area (Å²) in [7, 11) is 0. The van der Waals surface area contributed by atoms with Crippen LogP contribution in [0.1, 0.15) is 53.9 Å². The van der Waals surface area contributed by atoms with Gasteiger partial charge in [-0.25, -0.2) is 0 Å². The van der Waals surface area contributed by atoms with Crippen LogP contribution in [0.25, 0.3) is 0 Å². The number of carbonyl (C=O) groups is 1. The lowest BCUT2D eigenvalue weighted by Crippen LogP contribution is -2.47. The van der Waals surface area contributed by atoms with Crippen molar-refractivity contribution in [3.05, 3.63) is 0 Å². The van der Waals surface area contributed by atoms with Gasteiger partial charge in [-0.15, -0.1) is 0 Å². The van der Waals surface area contributed by atoms with Crippen molar-refractivity contribution >= 4 is 5.97 Å². The van der Waals surface area contributed by atoms with E-state index < -0.39 is 0 Å². The largest absolute Gasteiger partial charge is 0.465 e. The Bertz CT molecular complexity index is 255. The van der Waals surface area contributed by atoms with Gasteiger partial charge in [-0.3, -0.25) is 9.69 Å². The highest BCUT2D eigenvalue weighted by molar-refractivity contribution is 5.71. The molecular formula is C15H29NO2. The van der Waals surface area contributed by atoms with Gasteiger partial charge in [0.15, 0.2) is 0 Å². The Kier molecular flexibility index (Phi) is 6.13. The molecule has 1 rings (SSSR count). The highest BCUT2D eigenvalue weighted by atomic mass is 16.5. The van der Waals surface area contributed by atoms with Gasteiger partial charge in [-0.2, -0.15) is 0 Å². The Labute approximate surface area is 112 Å². The first kappa shape index (κ1) is 15.5. The number of rotatable bonds is 5. The molecule has 0 bridgehead atoms. The maximum Gasteiger partial charge on any atom is 0.320 e. The molecule has 2 atom stereocenters. The van der Waals surface area contributed by atoms with Gasteiger partial charge in [0.25, 0.3) is 0 Å². The summed E-state index contributed by atoms with van der Waals surface area (Å²) in [5.74, 6) is 1.45. The number of carbonyl (C=O) groups excluding carboxylic acids is 1. The highest BCUT2D eigenvalue weighted by Gasteiger charge is 2.30. The van der Waals surface area contributed by atoms with Crippen molar-refractivity contribution in [2.24, 2.45) is 11.8 Å². The minimum atomic E-state index is -0.0860. The smallest absolute Gasteiger partial charge is 0.320 e. The maximum atomic E-state index is 11.7. The van der Waals surface area contributed by atoms with Gasteiger partial charge in [-0.1, -0.05) is 13.8 Å². The summed E-state index contributed by atoms with van der Waals surface area (Å²) in [5, 5.41) is 0. The fraction of sp³-hybridized carbons (Fsp3) is 0.933. The molecule has 18 heavy (non-hydrogen) atoms. The fourth-order valence-electron chi connectivity index (χ4n) is 3.26. The molecule has 0 amide bonds. The van der Waals surface area contributed by atoms with Crippen LogP contribution in [0.4, 0.5) is 0 Å². The van der Waals surface area contributed by atoms with Crippen LogP contribution >= 0.6 is 0 Å². The molecule has 2 unspecified atom stereocenters. The summed E-state index contributed by atoms with van der Waals surface area (Å²) >= 11 is 0. The summed E-state index contributed by atoms with van der Waals surface area (Å²) in [6.45, 7) is 11.8. The molecule has 0 aromatic carbocycles. The third kappa shape index (κ3) is 4.60. The molecule has 0 aliphatic heterocycles. The van der Waals surface area contributed by atoms with E-state index in [0.29, 0.717) is 25.2 Å². The molecule has 0 heterocycles. The van der Waals surface area contributed by atoms with E-state index in [1.165, 1.54) is 19.3 Å². The fourth-order valence-corrected chi connectivity index (χ4v) is 3.26. The second kappa shape index (κ2) is 7.13. The van der Waals surface area contributed by atoms with E-state index in [4.69, 9.17) is 4.74 Å². The Hall–Kier alpha value is -0.570. The minimum absolute atomic E-state index is 0.0860. The lowest BCUT2D eigenvalue weighted by Gasteiger charge is -2.40. The maximum absolute atomic E-state index is 11.7. The van der Waals surface area contributed by atoms with E-state index in [0.717, 1.165) is 11.8 Å². The van der Waals surface area contributed by atoms with E-state index >= 15 is 0 Å². The third-order valence-corrected chi connectivity index (χ3v) is 3.90. The average Bonchev–Trinajstić information content (AvgIpc) is 2.24. The number of hydrogen-bond acceptors (Lipinski definition) is 3. The van der Waals surface area contributed by atoms with Crippen molar-refractivity contribution in [1.29, 1.82) is 0 Å². The van der Waals surface area contributed by atoms with Crippen LogP contribution < -0.4 is 0 Å². The van der Waals surface area contributed by atoms with Crippen LogP contribution in [0.15, 0.2) is 0 Å². The summed E-state index contributed by atoms with van der Waals surface area (Å²) in [6, 6.07) is 0.935. The quantitative estimate of drug-likeness (QED) is 0.707. The molecule has 0 spiro atoms. The second-order valence-electron chi connectivity index (χ2n) is 6.14. The summed E-state index contributed by atoms with van der Waals surface area (Å²) < 4.78 is 5.09. The monoisotopic (exact) mass is 255 g/mol. The van der Waals surface area contributed by atoms with Gasteiger partial charge in [0.2, 0.25) is 0 Å². The number of hydrogen-bond donors (Lipinski definition) is 0. The van der Waals surface area contributed by atoms with Crippen LogP contribution in [-0.2, 0) is 9.53 Å².